The van der Waals surface area contributed by atoms with Gasteiger partial charge in [-0.3, -0.25) is 9.59 Å². The van der Waals surface area contributed by atoms with Gasteiger partial charge < -0.3 is 9.47 Å². The molecule has 2 atom stereocenters. The molecule has 0 radical (unpaired) electrons. The fourth-order valence-electron chi connectivity index (χ4n) is 3.51. The van der Waals surface area contributed by atoms with Crippen molar-refractivity contribution >= 4 is 11.9 Å². The second kappa shape index (κ2) is 20.2. The Balaban J connectivity index is 4.22. The fraction of sp³-hybridized carbons (Fsp3) is 0.920. The smallest absolute Gasteiger partial charge is 0.309 e. The third kappa shape index (κ3) is 15.4. The lowest BCUT2D eigenvalue weighted by atomic mass is 9.89. The van der Waals surface area contributed by atoms with E-state index >= 15 is 0 Å². The normalized spacial score (nSPS) is 13.1. The molecule has 0 heterocycles. The molecule has 0 fully saturated rings. The first-order chi connectivity index (χ1) is 14.1. The van der Waals surface area contributed by atoms with Crippen molar-refractivity contribution < 1.29 is 19.1 Å². The molecule has 0 aromatic heterocycles. The van der Waals surface area contributed by atoms with Gasteiger partial charge >= 0.3 is 11.9 Å². The first-order valence-corrected chi connectivity index (χ1v) is 12.4. The maximum atomic E-state index is 12.6. The van der Waals surface area contributed by atoms with E-state index in [1.165, 1.54) is 51.4 Å². The summed E-state index contributed by atoms with van der Waals surface area (Å²) in [6.45, 7) is 9.25. The average molecular weight is 413 g/mol. The van der Waals surface area contributed by atoms with Gasteiger partial charge in [0, 0.05) is 0 Å². The molecule has 0 aliphatic rings. The first kappa shape index (κ1) is 27.9. The average Bonchev–Trinajstić information content (AvgIpc) is 2.72. The van der Waals surface area contributed by atoms with Crippen LogP contribution in [0.15, 0.2) is 0 Å². The molecule has 0 aromatic rings. The molecule has 4 nitrogen and oxygen atoms in total. The van der Waals surface area contributed by atoms with Gasteiger partial charge in [0.2, 0.25) is 0 Å². The van der Waals surface area contributed by atoms with E-state index < -0.39 is 5.92 Å². The summed E-state index contributed by atoms with van der Waals surface area (Å²) >= 11 is 0. The molecular weight excluding hydrogens is 364 g/mol. The molecular formula is C25H48O4. The highest BCUT2D eigenvalue weighted by Gasteiger charge is 2.32. The molecule has 0 aliphatic heterocycles. The Kier molecular flexibility index (Phi) is 19.5. The second-order valence-electron chi connectivity index (χ2n) is 8.41. The molecule has 0 rings (SSSR count). The number of hydrogen-bond acceptors (Lipinski definition) is 4. The fourth-order valence-corrected chi connectivity index (χ4v) is 3.51. The number of carbonyl (C=O) groups is 2. The third-order valence-electron chi connectivity index (χ3n) is 5.63. The van der Waals surface area contributed by atoms with Crippen molar-refractivity contribution in [2.45, 2.75) is 124 Å². The topological polar surface area (TPSA) is 52.6 Å². The van der Waals surface area contributed by atoms with Crippen LogP contribution in [0.1, 0.15) is 124 Å². The summed E-state index contributed by atoms with van der Waals surface area (Å²) in [5, 5.41) is 0. The van der Waals surface area contributed by atoms with Gasteiger partial charge in [0.15, 0.2) is 0 Å². The van der Waals surface area contributed by atoms with E-state index in [4.69, 9.17) is 9.47 Å². The minimum Gasteiger partial charge on any atom is -0.465 e. The van der Waals surface area contributed by atoms with Crippen molar-refractivity contribution in [3.63, 3.8) is 0 Å². The van der Waals surface area contributed by atoms with Crippen LogP contribution >= 0.6 is 0 Å². The molecule has 172 valence electrons. The van der Waals surface area contributed by atoms with Gasteiger partial charge in [-0.15, -0.1) is 0 Å². The Morgan fingerprint density at radius 3 is 1.48 bits per heavy atom. The van der Waals surface area contributed by atoms with Crippen molar-refractivity contribution in [1.82, 2.24) is 0 Å². The van der Waals surface area contributed by atoms with Crippen LogP contribution in [0, 0.1) is 11.8 Å². The molecule has 0 aromatic carbocycles. The largest absolute Gasteiger partial charge is 0.465 e. The lowest BCUT2D eigenvalue weighted by Crippen LogP contribution is -2.31. The Hall–Kier alpha value is -1.06. The summed E-state index contributed by atoms with van der Waals surface area (Å²) in [7, 11) is 0. The molecule has 0 aliphatic carbocycles. The minimum atomic E-state index is -0.432. The van der Waals surface area contributed by atoms with E-state index in [-0.39, 0.29) is 17.9 Å². The molecule has 0 saturated heterocycles. The zero-order chi connectivity index (χ0) is 21.7. The molecule has 0 bridgehead atoms. The highest BCUT2D eigenvalue weighted by molar-refractivity contribution is 5.81. The van der Waals surface area contributed by atoms with E-state index in [9.17, 15) is 9.59 Å². The van der Waals surface area contributed by atoms with Crippen molar-refractivity contribution in [1.29, 1.82) is 0 Å². The van der Waals surface area contributed by atoms with Crippen molar-refractivity contribution in [2.24, 2.45) is 11.8 Å². The lowest BCUT2D eigenvalue weighted by molar-refractivity contribution is -0.160. The summed E-state index contributed by atoms with van der Waals surface area (Å²) in [6, 6.07) is 0. The van der Waals surface area contributed by atoms with Gasteiger partial charge in [-0.25, -0.2) is 0 Å². The van der Waals surface area contributed by atoms with Gasteiger partial charge in [0.05, 0.1) is 25.0 Å². The summed E-state index contributed by atoms with van der Waals surface area (Å²) in [5.41, 5.74) is 0. The molecule has 29 heavy (non-hydrogen) atoms. The van der Waals surface area contributed by atoms with E-state index in [2.05, 4.69) is 20.8 Å². The van der Waals surface area contributed by atoms with Crippen molar-refractivity contribution in [3.05, 3.63) is 0 Å². The number of carbonyl (C=O) groups excluding carboxylic acids is 2. The predicted molar refractivity (Wildman–Crippen MR) is 121 cm³/mol. The Morgan fingerprint density at radius 1 is 0.586 bits per heavy atom. The van der Waals surface area contributed by atoms with Crippen LogP contribution in [0.25, 0.3) is 0 Å². The number of unbranched alkanes of at least 4 members (excludes halogenated alkanes) is 11. The Labute approximate surface area is 180 Å². The van der Waals surface area contributed by atoms with Crippen molar-refractivity contribution in [3.8, 4) is 0 Å². The van der Waals surface area contributed by atoms with Gasteiger partial charge in [-0.05, 0) is 19.3 Å². The quantitative estimate of drug-likeness (QED) is 0.156. The number of rotatable bonds is 20. The molecule has 0 spiro atoms. The van der Waals surface area contributed by atoms with Crippen LogP contribution in [-0.4, -0.2) is 25.2 Å². The van der Waals surface area contributed by atoms with Gasteiger partial charge in [-0.2, -0.15) is 0 Å². The Bertz CT molecular complexity index is 394. The van der Waals surface area contributed by atoms with Gasteiger partial charge in [0.25, 0.3) is 0 Å². The van der Waals surface area contributed by atoms with E-state index in [0.29, 0.717) is 19.6 Å². The van der Waals surface area contributed by atoms with Crippen LogP contribution in [0.4, 0.5) is 0 Å². The van der Waals surface area contributed by atoms with Crippen LogP contribution in [0.3, 0.4) is 0 Å². The van der Waals surface area contributed by atoms with Gasteiger partial charge in [-0.1, -0.05) is 105 Å². The number of esters is 2. The summed E-state index contributed by atoms with van der Waals surface area (Å²) in [5.74, 6) is -1.29. The zero-order valence-corrected chi connectivity index (χ0v) is 19.8. The maximum Gasteiger partial charge on any atom is 0.309 e. The summed E-state index contributed by atoms with van der Waals surface area (Å²) in [4.78, 5) is 25.0. The van der Waals surface area contributed by atoms with E-state index in [0.717, 1.165) is 38.5 Å². The maximum absolute atomic E-state index is 12.6. The van der Waals surface area contributed by atoms with Crippen LogP contribution < -0.4 is 0 Å². The molecule has 0 amide bonds. The summed E-state index contributed by atoms with van der Waals surface area (Å²) < 4.78 is 11.0. The van der Waals surface area contributed by atoms with Crippen LogP contribution in [-0.2, 0) is 19.1 Å². The number of hydrogen-bond donors (Lipinski definition) is 0. The molecule has 0 N–H and O–H groups in total. The second-order valence-corrected chi connectivity index (χ2v) is 8.41. The predicted octanol–water partition coefficient (Wildman–Crippen LogP) is 7.24. The van der Waals surface area contributed by atoms with Crippen LogP contribution in [0.2, 0.25) is 0 Å². The third-order valence-corrected chi connectivity index (χ3v) is 5.63. The first-order valence-electron chi connectivity index (χ1n) is 12.4. The van der Waals surface area contributed by atoms with Gasteiger partial charge in [0.1, 0.15) is 0 Å². The standard InChI is InChI=1S/C25H48O4/c1-5-8-11-13-15-17-20-28-24(26)22(4)23(19-10-7-3)25(27)29-21-18-16-14-12-9-6-2/h22-23H,5-21H2,1-4H3. The Morgan fingerprint density at radius 2 is 1.00 bits per heavy atom. The molecule has 4 heteroatoms. The lowest BCUT2D eigenvalue weighted by Gasteiger charge is -2.21. The SMILES string of the molecule is CCCCCCCCOC(=O)C(C)C(CCCC)C(=O)OCCCCCCCC. The highest BCUT2D eigenvalue weighted by Crippen LogP contribution is 2.22. The van der Waals surface area contributed by atoms with E-state index in [1.807, 2.05) is 6.92 Å². The monoisotopic (exact) mass is 412 g/mol. The van der Waals surface area contributed by atoms with Crippen molar-refractivity contribution in [2.75, 3.05) is 13.2 Å². The summed E-state index contributed by atoms with van der Waals surface area (Å²) in [6.07, 6.45) is 16.6. The molecule has 2 unspecified atom stereocenters. The highest BCUT2D eigenvalue weighted by atomic mass is 16.5. The van der Waals surface area contributed by atoms with Crippen LogP contribution in [0.5, 0.6) is 0 Å². The van der Waals surface area contributed by atoms with E-state index in [1.54, 1.807) is 0 Å². The zero-order valence-electron chi connectivity index (χ0n) is 19.8. The minimum absolute atomic E-state index is 0.226. The molecule has 0 saturated carbocycles. The number of ether oxygens (including phenoxy) is 2.